The van der Waals surface area contributed by atoms with Gasteiger partial charge in [-0.3, -0.25) is 9.36 Å². The number of aromatic nitrogens is 3. The van der Waals surface area contributed by atoms with Crippen LogP contribution in [0.25, 0.3) is 27.9 Å². The van der Waals surface area contributed by atoms with Crippen LogP contribution in [0.5, 0.6) is 5.75 Å². The minimum atomic E-state index is -0.573. The Morgan fingerprint density at radius 1 is 1.15 bits per heavy atom. The van der Waals surface area contributed by atoms with Crippen LogP contribution >= 0.6 is 11.6 Å². The van der Waals surface area contributed by atoms with E-state index in [1.54, 1.807) is 63.6 Å². The predicted molar refractivity (Wildman–Crippen MR) is 155 cm³/mol. The number of phenolic OH excluding ortho intramolecular Hbond substituents is 1. The van der Waals surface area contributed by atoms with E-state index in [-0.39, 0.29) is 51.3 Å². The molecule has 0 bridgehead atoms. The first-order valence-electron chi connectivity index (χ1n) is 12.9. The molecule has 0 spiro atoms. The minimum absolute atomic E-state index is 0.00667. The molecule has 1 aliphatic heterocycles. The molecule has 1 saturated heterocycles. The number of aromatic hydroxyl groups is 1. The van der Waals surface area contributed by atoms with E-state index < -0.39 is 5.82 Å². The Morgan fingerprint density at radius 2 is 1.88 bits per heavy atom. The summed E-state index contributed by atoms with van der Waals surface area (Å²) in [7, 11) is 1.63. The molecule has 2 aromatic heterocycles. The molecule has 11 heteroatoms. The summed E-state index contributed by atoms with van der Waals surface area (Å²) in [5.74, 6) is -0.379. The lowest BCUT2D eigenvalue weighted by molar-refractivity contribution is -0.118. The number of rotatable bonds is 6. The molecule has 0 radical (unpaired) electrons. The first kappa shape index (κ1) is 27.4. The van der Waals surface area contributed by atoms with Gasteiger partial charge in [-0.1, -0.05) is 31.5 Å². The van der Waals surface area contributed by atoms with Crippen molar-refractivity contribution in [1.82, 2.24) is 14.1 Å². The third-order valence-electron chi connectivity index (χ3n) is 6.99. The van der Waals surface area contributed by atoms with Gasteiger partial charge in [0.05, 0.1) is 10.7 Å². The number of hydrogen-bond acceptors (Lipinski definition) is 6. The zero-order valence-electron chi connectivity index (χ0n) is 22.4. The SMILES string of the molecule is CC(C)C(=O)Nc1cc(-c2cc(F)cc(-c3ccc(-n4ccn(C)c4=O)c(Cl)c3)c2O)cc(N2CC[C@H](N)C2)n1. The van der Waals surface area contributed by atoms with Gasteiger partial charge in [0, 0.05) is 55.6 Å². The lowest BCUT2D eigenvalue weighted by Gasteiger charge is -2.20. The van der Waals surface area contributed by atoms with Gasteiger partial charge in [0.2, 0.25) is 5.91 Å². The second kappa shape index (κ2) is 10.8. The lowest BCUT2D eigenvalue weighted by atomic mass is 9.97. The maximum atomic E-state index is 15.0. The van der Waals surface area contributed by atoms with Gasteiger partial charge in [-0.2, -0.15) is 0 Å². The van der Waals surface area contributed by atoms with Crippen LogP contribution in [0.3, 0.4) is 0 Å². The molecular formula is C29H30ClFN6O3. The molecule has 3 heterocycles. The van der Waals surface area contributed by atoms with E-state index >= 15 is 4.39 Å². The third-order valence-corrected chi connectivity index (χ3v) is 7.29. The Labute approximate surface area is 235 Å². The Balaban J connectivity index is 1.60. The molecule has 1 aliphatic rings. The summed E-state index contributed by atoms with van der Waals surface area (Å²) in [5.41, 5.74) is 7.68. The Morgan fingerprint density at radius 3 is 2.48 bits per heavy atom. The molecule has 0 saturated carbocycles. The molecule has 0 aliphatic carbocycles. The second-order valence-corrected chi connectivity index (χ2v) is 10.7. The Kier molecular flexibility index (Phi) is 7.39. The van der Waals surface area contributed by atoms with Gasteiger partial charge in [0.25, 0.3) is 0 Å². The smallest absolute Gasteiger partial charge is 0.332 e. The number of amides is 1. The highest BCUT2D eigenvalue weighted by Crippen LogP contribution is 2.41. The Hall–Kier alpha value is -4.15. The number of nitrogens with one attached hydrogen (secondary N) is 1. The summed E-state index contributed by atoms with van der Waals surface area (Å²) in [6.45, 7) is 4.82. The number of nitrogens with zero attached hydrogens (tertiary/aromatic N) is 4. The number of imidazole rings is 1. The number of benzene rings is 2. The van der Waals surface area contributed by atoms with Gasteiger partial charge in [-0.25, -0.2) is 14.2 Å². The monoisotopic (exact) mass is 564 g/mol. The van der Waals surface area contributed by atoms with Crippen molar-refractivity contribution in [3.05, 3.63) is 76.2 Å². The molecule has 1 amide bonds. The van der Waals surface area contributed by atoms with Crippen molar-refractivity contribution in [2.45, 2.75) is 26.3 Å². The summed E-state index contributed by atoms with van der Waals surface area (Å²) in [6, 6.07) is 10.7. The van der Waals surface area contributed by atoms with E-state index in [0.29, 0.717) is 35.7 Å². The molecule has 9 nitrogen and oxygen atoms in total. The van der Waals surface area contributed by atoms with Crippen LogP contribution in [0, 0.1) is 11.7 Å². The minimum Gasteiger partial charge on any atom is -0.507 e. The van der Waals surface area contributed by atoms with Crippen LogP contribution in [-0.4, -0.2) is 44.3 Å². The van der Waals surface area contributed by atoms with Crippen molar-refractivity contribution in [3.8, 4) is 33.7 Å². The van der Waals surface area contributed by atoms with Crippen LogP contribution in [0.1, 0.15) is 20.3 Å². The van der Waals surface area contributed by atoms with Crippen molar-refractivity contribution in [1.29, 1.82) is 0 Å². The molecule has 4 N–H and O–H groups in total. The van der Waals surface area contributed by atoms with Crippen molar-refractivity contribution < 1.29 is 14.3 Å². The summed E-state index contributed by atoms with van der Waals surface area (Å²) in [4.78, 5) is 31.5. The van der Waals surface area contributed by atoms with Crippen LogP contribution in [0.15, 0.2) is 59.7 Å². The standard InChI is InChI=1S/C29H30ClFN6O3/c1-16(2)28(39)34-25-11-18(12-26(33-25)36-7-6-20(32)15-36)22-14-19(31)13-21(27(22)38)17-4-5-24(23(30)10-17)37-9-8-35(3)29(37)40/h4-5,8-14,16,20,38H,6-7,15,32H2,1-3H3,(H,33,34,39)/t20-/m0/s1. The Bertz CT molecular complexity index is 1660. The number of pyridine rings is 1. The van der Waals surface area contributed by atoms with Crippen LogP contribution in [0.4, 0.5) is 16.0 Å². The third kappa shape index (κ3) is 5.32. The number of halogens is 2. The fourth-order valence-corrected chi connectivity index (χ4v) is 4.99. The number of carbonyl (C=O) groups excluding carboxylic acids is 1. The molecule has 2 aromatic carbocycles. The van der Waals surface area contributed by atoms with Crippen LogP contribution < -0.4 is 21.6 Å². The quantitative estimate of drug-likeness (QED) is 0.316. The van der Waals surface area contributed by atoms with Gasteiger partial charge in [-0.15, -0.1) is 0 Å². The topological polar surface area (TPSA) is 118 Å². The van der Waals surface area contributed by atoms with Crippen LogP contribution in [0.2, 0.25) is 5.02 Å². The summed E-state index contributed by atoms with van der Waals surface area (Å²) in [6.07, 6.45) is 4.01. The summed E-state index contributed by atoms with van der Waals surface area (Å²) < 4.78 is 17.9. The predicted octanol–water partition coefficient (Wildman–Crippen LogP) is 4.54. The highest BCUT2D eigenvalue weighted by molar-refractivity contribution is 6.32. The number of aryl methyl sites for hydroxylation is 1. The van der Waals surface area contributed by atoms with Crippen LogP contribution in [-0.2, 0) is 11.8 Å². The van der Waals surface area contributed by atoms with E-state index in [1.807, 2.05) is 4.90 Å². The average Bonchev–Trinajstić information content (AvgIpc) is 3.50. The van der Waals surface area contributed by atoms with Gasteiger partial charge in [0.1, 0.15) is 23.2 Å². The number of carbonyl (C=O) groups is 1. The van der Waals surface area contributed by atoms with Gasteiger partial charge < -0.3 is 25.6 Å². The van der Waals surface area contributed by atoms with Gasteiger partial charge in [0.15, 0.2) is 0 Å². The summed E-state index contributed by atoms with van der Waals surface area (Å²) in [5, 5.41) is 14.5. The molecule has 1 atom stereocenters. The molecular weight excluding hydrogens is 535 g/mol. The number of hydrogen-bond donors (Lipinski definition) is 3. The molecule has 40 heavy (non-hydrogen) atoms. The number of nitrogens with two attached hydrogens (primary N) is 1. The van der Waals surface area contributed by atoms with Gasteiger partial charge >= 0.3 is 5.69 Å². The molecule has 0 unspecified atom stereocenters. The number of anilines is 2. The highest BCUT2D eigenvalue weighted by Gasteiger charge is 2.23. The van der Waals surface area contributed by atoms with E-state index in [1.165, 1.54) is 21.3 Å². The van der Waals surface area contributed by atoms with E-state index in [9.17, 15) is 14.7 Å². The van der Waals surface area contributed by atoms with E-state index in [4.69, 9.17) is 17.3 Å². The first-order chi connectivity index (χ1) is 19.0. The van der Waals surface area contributed by atoms with Crippen molar-refractivity contribution in [2.24, 2.45) is 18.7 Å². The fourth-order valence-electron chi connectivity index (χ4n) is 4.72. The highest BCUT2D eigenvalue weighted by atomic mass is 35.5. The molecule has 1 fully saturated rings. The first-order valence-corrected chi connectivity index (χ1v) is 13.3. The van der Waals surface area contributed by atoms with Crippen molar-refractivity contribution >= 4 is 29.1 Å². The largest absolute Gasteiger partial charge is 0.507 e. The van der Waals surface area contributed by atoms with E-state index in [0.717, 1.165) is 6.42 Å². The average molecular weight is 565 g/mol. The lowest BCUT2D eigenvalue weighted by Crippen LogP contribution is -2.27. The molecule has 4 aromatic rings. The summed E-state index contributed by atoms with van der Waals surface area (Å²) >= 11 is 6.54. The van der Waals surface area contributed by atoms with Gasteiger partial charge in [-0.05, 0) is 53.9 Å². The van der Waals surface area contributed by atoms with E-state index in [2.05, 4.69) is 10.3 Å². The molecule has 208 valence electrons. The maximum absolute atomic E-state index is 15.0. The van der Waals surface area contributed by atoms with Crippen molar-refractivity contribution in [3.63, 3.8) is 0 Å². The fraction of sp³-hybridized carbons (Fsp3) is 0.276. The number of phenols is 1. The zero-order chi connectivity index (χ0) is 28.7. The zero-order valence-corrected chi connectivity index (χ0v) is 23.1. The second-order valence-electron chi connectivity index (χ2n) is 10.3. The normalized spacial score (nSPS) is 15.2. The molecule has 5 rings (SSSR count). The van der Waals surface area contributed by atoms with Crippen molar-refractivity contribution in [2.75, 3.05) is 23.3 Å². The maximum Gasteiger partial charge on any atom is 0.332 e.